The van der Waals surface area contributed by atoms with Gasteiger partial charge in [-0.2, -0.15) is 0 Å². The van der Waals surface area contributed by atoms with Gasteiger partial charge in [0.05, 0.1) is 5.56 Å². The van der Waals surface area contributed by atoms with Crippen molar-refractivity contribution in [3.63, 3.8) is 0 Å². The van der Waals surface area contributed by atoms with E-state index in [1.807, 2.05) is 0 Å². The standard InChI is InChI=1S/C18H16O3/c19-16-13-7-3-4-8-14(13)17(20)18-15(16)10-12(21-18)9-11-5-1-2-6-11/h3-4,7-8,10-11H,1-2,5-6,9H2. The molecule has 0 atom stereocenters. The van der Waals surface area contributed by atoms with Crippen LogP contribution in [0.1, 0.15) is 63.5 Å². The fraction of sp³-hybridized carbons (Fsp3) is 0.333. The zero-order chi connectivity index (χ0) is 14.4. The third-order valence-corrected chi connectivity index (χ3v) is 4.61. The molecule has 0 saturated heterocycles. The van der Waals surface area contributed by atoms with Gasteiger partial charge in [-0.25, -0.2) is 0 Å². The van der Waals surface area contributed by atoms with E-state index < -0.39 is 0 Å². The first-order valence-corrected chi connectivity index (χ1v) is 7.55. The summed E-state index contributed by atoms with van der Waals surface area (Å²) in [5, 5.41) is 0. The second-order valence-electron chi connectivity index (χ2n) is 6.01. The molecule has 1 heterocycles. The summed E-state index contributed by atoms with van der Waals surface area (Å²) in [5.41, 5.74) is 1.38. The molecule has 3 nitrogen and oxygen atoms in total. The van der Waals surface area contributed by atoms with Gasteiger partial charge in [0.2, 0.25) is 5.78 Å². The summed E-state index contributed by atoms with van der Waals surface area (Å²) in [6, 6.07) is 8.75. The molecule has 2 aliphatic carbocycles. The number of hydrogen-bond donors (Lipinski definition) is 0. The van der Waals surface area contributed by atoms with Gasteiger partial charge in [-0.1, -0.05) is 49.9 Å². The summed E-state index contributed by atoms with van der Waals surface area (Å²) < 4.78 is 5.74. The SMILES string of the molecule is O=C1c2ccccc2C(=O)c2oc(CC3CCCC3)cc21. The molecule has 1 fully saturated rings. The highest BCUT2D eigenvalue weighted by Crippen LogP contribution is 2.33. The van der Waals surface area contributed by atoms with Crippen molar-refractivity contribution in [1.29, 1.82) is 0 Å². The first-order chi connectivity index (χ1) is 10.2. The Labute approximate surface area is 123 Å². The van der Waals surface area contributed by atoms with Gasteiger partial charge in [-0.15, -0.1) is 0 Å². The van der Waals surface area contributed by atoms with E-state index >= 15 is 0 Å². The highest BCUT2D eigenvalue weighted by Gasteiger charge is 2.33. The van der Waals surface area contributed by atoms with Crippen molar-refractivity contribution in [2.75, 3.05) is 0 Å². The van der Waals surface area contributed by atoms with Crippen LogP contribution in [0.2, 0.25) is 0 Å². The quantitative estimate of drug-likeness (QED) is 0.717. The summed E-state index contributed by atoms with van der Waals surface area (Å²) >= 11 is 0. The lowest BCUT2D eigenvalue weighted by atomic mass is 9.88. The molecule has 0 N–H and O–H groups in total. The van der Waals surface area contributed by atoms with E-state index in [1.54, 1.807) is 30.3 Å². The Balaban J connectivity index is 1.72. The van der Waals surface area contributed by atoms with Crippen LogP contribution in [0.25, 0.3) is 0 Å². The maximum Gasteiger partial charge on any atom is 0.229 e. The molecule has 0 spiro atoms. The molecular formula is C18H16O3. The number of carbonyl (C=O) groups is 2. The minimum Gasteiger partial charge on any atom is -0.457 e. The van der Waals surface area contributed by atoms with Gasteiger partial charge in [-0.3, -0.25) is 9.59 Å². The van der Waals surface area contributed by atoms with Gasteiger partial charge >= 0.3 is 0 Å². The van der Waals surface area contributed by atoms with E-state index in [-0.39, 0.29) is 17.3 Å². The minimum absolute atomic E-state index is 0.0957. The van der Waals surface area contributed by atoms with Gasteiger partial charge in [0, 0.05) is 17.5 Å². The Kier molecular flexibility index (Phi) is 2.81. The lowest BCUT2D eigenvalue weighted by Gasteiger charge is -2.11. The van der Waals surface area contributed by atoms with E-state index in [4.69, 9.17) is 4.42 Å². The molecule has 0 unspecified atom stereocenters. The Morgan fingerprint density at radius 3 is 2.33 bits per heavy atom. The molecule has 2 aliphatic rings. The highest BCUT2D eigenvalue weighted by molar-refractivity contribution is 6.27. The van der Waals surface area contributed by atoms with Crippen molar-refractivity contribution in [2.24, 2.45) is 5.92 Å². The molecule has 0 bridgehead atoms. The molecule has 4 rings (SSSR count). The van der Waals surface area contributed by atoms with Crippen LogP contribution in [0.4, 0.5) is 0 Å². The largest absolute Gasteiger partial charge is 0.457 e. The molecule has 1 aromatic carbocycles. The number of fused-ring (bicyclic) bond motifs is 2. The zero-order valence-electron chi connectivity index (χ0n) is 11.7. The van der Waals surface area contributed by atoms with Gasteiger partial charge in [0.15, 0.2) is 11.5 Å². The number of hydrogen-bond acceptors (Lipinski definition) is 3. The van der Waals surface area contributed by atoms with Crippen LogP contribution in [0.5, 0.6) is 0 Å². The number of rotatable bonds is 2. The number of ketones is 2. The summed E-state index contributed by atoms with van der Waals surface area (Å²) in [7, 11) is 0. The van der Waals surface area contributed by atoms with Crippen molar-refractivity contribution in [2.45, 2.75) is 32.1 Å². The molecule has 0 radical (unpaired) electrons. The van der Waals surface area contributed by atoms with Crippen molar-refractivity contribution in [1.82, 2.24) is 0 Å². The maximum atomic E-state index is 12.5. The smallest absolute Gasteiger partial charge is 0.229 e. The molecule has 3 heteroatoms. The number of carbonyl (C=O) groups excluding carboxylic acids is 2. The topological polar surface area (TPSA) is 47.3 Å². The van der Waals surface area contributed by atoms with Crippen molar-refractivity contribution >= 4 is 11.6 Å². The van der Waals surface area contributed by atoms with Crippen molar-refractivity contribution in [3.05, 3.63) is 58.5 Å². The van der Waals surface area contributed by atoms with E-state index in [0.717, 1.165) is 12.2 Å². The molecule has 106 valence electrons. The fourth-order valence-corrected chi connectivity index (χ4v) is 3.53. The van der Waals surface area contributed by atoms with Crippen LogP contribution in [0.3, 0.4) is 0 Å². The molecular weight excluding hydrogens is 264 g/mol. The van der Waals surface area contributed by atoms with Crippen molar-refractivity contribution < 1.29 is 14.0 Å². The highest BCUT2D eigenvalue weighted by atomic mass is 16.3. The van der Waals surface area contributed by atoms with Crippen LogP contribution in [0, 0.1) is 5.92 Å². The molecule has 21 heavy (non-hydrogen) atoms. The van der Waals surface area contributed by atoms with Gasteiger partial charge in [0.25, 0.3) is 0 Å². The summed E-state index contributed by atoms with van der Waals surface area (Å²) in [6.07, 6.45) is 5.81. The summed E-state index contributed by atoms with van der Waals surface area (Å²) in [5.74, 6) is 1.37. The first kappa shape index (κ1) is 12.6. The Morgan fingerprint density at radius 2 is 1.62 bits per heavy atom. The Morgan fingerprint density at radius 1 is 0.952 bits per heavy atom. The van der Waals surface area contributed by atoms with Gasteiger partial charge in [-0.05, 0) is 12.0 Å². The summed E-state index contributed by atoms with van der Waals surface area (Å²) in [4.78, 5) is 24.9. The lowest BCUT2D eigenvalue weighted by Crippen LogP contribution is -2.18. The van der Waals surface area contributed by atoms with Gasteiger partial charge < -0.3 is 4.42 Å². The maximum absolute atomic E-state index is 12.5. The van der Waals surface area contributed by atoms with Crippen molar-refractivity contribution in [3.8, 4) is 0 Å². The predicted molar refractivity (Wildman–Crippen MR) is 77.7 cm³/mol. The third kappa shape index (κ3) is 1.96. The second-order valence-corrected chi connectivity index (χ2v) is 6.01. The van der Waals surface area contributed by atoms with E-state index in [0.29, 0.717) is 22.6 Å². The third-order valence-electron chi connectivity index (χ3n) is 4.61. The number of furan rings is 1. The normalized spacial score (nSPS) is 17.9. The molecule has 0 amide bonds. The van der Waals surface area contributed by atoms with Gasteiger partial charge in [0.1, 0.15) is 5.76 Å². The second kappa shape index (κ2) is 4.69. The Hall–Kier alpha value is -2.16. The van der Waals surface area contributed by atoms with Crippen LogP contribution in [-0.2, 0) is 6.42 Å². The monoisotopic (exact) mass is 280 g/mol. The first-order valence-electron chi connectivity index (χ1n) is 7.55. The average molecular weight is 280 g/mol. The fourth-order valence-electron chi connectivity index (χ4n) is 3.53. The van der Waals surface area contributed by atoms with E-state index in [2.05, 4.69) is 0 Å². The zero-order valence-corrected chi connectivity index (χ0v) is 11.7. The molecule has 1 aromatic heterocycles. The predicted octanol–water partition coefficient (Wildman–Crippen LogP) is 3.79. The molecule has 2 aromatic rings. The molecule has 1 saturated carbocycles. The van der Waals surface area contributed by atoms with Crippen LogP contribution >= 0.6 is 0 Å². The Bertz CT molecular complexity index is 680. The van der Waals surface area contributed by atoms with Crippen LogP contribution < -0.4 is 0 Å². The average Bonchev–Trinajstić information content (AvgIpc) is 3.15. The number of benzene rings is 1. The van der Waals surface area contributed by atoms with Crippen LogP contribution in [-0.4, -0.2) is 11.6 Å². The van der Waals surface area contributed by atoms with E-state index in [9.17, 15) is 9.59 Å². The minimum atomic E-state index is -0.169. The molecule has 0 aliphatic heterocycles. The van der Waals surface area contributed by atoms with Crippen LogP contribution in [0.15, 0.2) is 34.7 Å². The van der Waals surface area contributed by atoms with E-state index in [1.165, 1.54) is 25.7 Å². The summed E-state index contributed by atoms with van der Waals surface area (Å²) in [6.45, 7) is 0. The lowest BCUT2D eigenvalue weighted by molar-refractivity contribution is 0.0959.